The molecule has 0 unspecified atom stereocenters. The number of aromatic nitrogens is 4. The van der Waals surface area contributed by atoms with Crippen molar-refractivity contribution in [2.45, 2.75) is 26.3 Å². The summed E-state index contributed by atoms with van der Waals surface area (Å²) in [6, 6.07) is 11.2. The lowest BCUT2D eigenvalue weighted by Gasteiger charge is -2.08. The Bertz CT molecular complexity index is 1150. The fourth-order valence-electron chi connectivity index (χ4n) is 3.76. The number of hydrogen-bond acceptors (Lipinski definition) is 3. The largest absolute Gasteiger partial charge is 0.268 e. The lowest BCUT2D eigenvalue weighted by molar-refractivity contribution is 0.626. The maximum Gasteiger partial charge on any atom is 0.132 e. The molecule has 1 aliphatic heterocycles. The lowest BCUT2D eigenvalue weighted by Crippen LogP contribution is -1.95. The number of hydrogen-bond donors (Lipinski definition) is 0. The summed E-state index contributed by atoms with van der Waals surface area (Å²) in [5.74, 6) is -0.241. The maximum absolute atomic E-state index is 14.6. The van der Waals surface area contributed by atoms with E-state index in [4.69, 9.17) is 5.10 Å². The molecule has 2 aromatic carbocycles. The van der Waals surface area contributed by atoms with Crippen molar-refractivity contribution in [2.24, 2.45) is 0 Å². The Morgan fingerprint density at radius 2 is 1.85 bits per heavy atom. The van der Waals surface area contributed by atoms with E-state index in [2.05, 4.69) is 9.97 Å². The molecule has 1 aliphatic rings. The molecule has 0 fully saturated rings. The summed E-state index contributed by atoms with van der Waals surface area (Å²) in [6.45, 7) is 2.85. The molecule has 4 nitrogen and oxygen atoms in total. The van der Waals surface area contributed by atoms with Crippen molar-refractivity contribution < 1.29 is 4.39 Å². The predicted molar refractivity (Wildman–Crippen MR) is 99.2 cm³/mol. The van der Waals surface area contributed by atoms with Crippen molar-refractivity contribution in [1.82, 2.24) is 19.7 Å². The van der Waals surface area contributed by atoms with Gasteiger partial charge in [0.25, 0.3) is 0 Å². The Balaban J connectivity index is 1.78. The van der Waals surface area contributed by atoms with Crippen LogP contribution in [0.1, 0.15) is 17.7 Å². The maximum atomic E-state index is 14.6. The molecule has 0 spiro atoms. The van der Waals surface area contributed by atoms with Crippen molar-refractivity contribution in [2.75, 3.05) is 0 Å². The Morgan fingerprint density at radius 3 is 2.73 bits per heavy atom. The molecule has 0 bridgehead atoms. The summed E-state index contributed by atoms with van der Waals surface area (Å²) in [7, 11) is 0. The molecule has 26 heavy (non-hydrogen) atoms. The molecular weight excluding hydrogens is 327 g/mol. The molecule has 128 valence electrons. The van der Waals surface area contributed by atoms with Gasteiger partial charge < -0.3 is 0 Å². The van der Waals surface area contributed by atoms with Crippen LogP contribution in [0.3, 0.4) is 0 Å². The number of rotatable bonds is 2. The molecule has 2 aromatic heterocycles. The molecule has 0 saturated carbocycles. The van der Waals surface area contributed by atoms with E-state index in [9.17, 15) is 4.39 Å². The van der Waals surface area contributed by atoms with E-state index in [-0.39, 0.29) is 5.82 Å². The van der Waals surface area contributed by atoms with Crippen molar-refractivity contribution >= 4 is 11.0 Å². The molecule has 0 saturated heterocycles. The van der Waals surface area contributed by atoms with Gasteiger partial charge in [-0.25, -0.2) is 4.39 Å². The number of halogens is 1. The summed E-state index contributed by atoms with van der Waals surface area (Å²) < 4.78 is 16.6. The van der Waals surface area contributed by atoms with Crippen LogP contribution in [0.4, 0.5) is 4.39 Å². The van der Waals surface area contributed by atoms with Crippen molar-refractivity contribution in [3.05, 3.63) is 65.9 Å². The SMILES string of the molecule is Cc1ccc(F)c(-c2nn3c(c2-c2ccc4nccnc4c2)CCC3)c1. The molecule has 4 aromatic rings. The van der Waals surface area contributed by atoms with Gasteiger partial charge >= 0.3 is 0 Å². The van der Waals surface area contributed by atoms with Gasteiger partial charge in [0.15, 0.2) is 0 Å². The van der Waals surface area contributed by atoms with E-state index in [0.29, 0.717) is 11.3 Å². The summed E-state index contributed by atoms with van der Waals surface area (Å²) in [6.07, 6.45) is 5.40. The fourth-order valence-corrected chi connectivity index (χ4v) is 3.76. The molecule has 5 heteroatoms. The minimum atomic E-state index is -0.241. The highest BCUT2D eigenvalue weighted by atomic mass is 19.1. The Kier molecular flexibility index (Phi) is 3.35. The van der Waals surface area contributed by atoms with Crippen molar-refractivity contribution in [1.29, 1.82) is 0 Å². The molecule has 0 amide bonds. The zero-order chi connectivity index (χ0) is 17.7. The zero-order valence-corrected chi connectivity index (χ0v) is 14.4. The van der Waals surface area contributed by atoms with Crippen LogP contribution < -0.4 is 0 Å². The second-order valence-corrected chi connectivity index (χ2v) is 6.74. The minimum absolute atomic E-state index is 0.241. The van der Waals surface area contributed by atoms with E-state index >= 15 is 0 Å². The summed E-state index contributed by atoms with van der Waals surface area (Å²) in [5, 5.41) is 4.76. The lowest BCUT2D eigenvalue weighted by atomic mass is 9.96. The van der Waals surface area contributed by atoms with Crippen molar-refractivity contribution in [3.63, 3.8) is 0 Å². The van der Waals surface area contributed by atoms with Gasteiger partial charge in [0.1, 0.15) is 11.5 Å². The van der Waals surface area contributed by atoms with Gasteiger partial charge in [-0.2, -0.15) is 5.10 Å². The topological polar surface area (TPSA) is 43.6 Å². The summed E-state index contributed by atoms with van der Waals surface area (Å²) in [5.41, 5.74) is 7.16. The van der Waals surface area contributed by atoms with Crippen molar-refractivity contribution in [3.8, 4) is 22.4 Å². The van der Waals surface area contributed by atoms with E-state index in [1.165, 1.54) is 11.8 Å². The highest BCUT2D eigenvalue weighted by Crippen LogP contribution is 2.39. The molecule has 0 N–H and O–H groups in total. The standard InChI is InChI=1S/C21H17FN4/c1-13-4-6-16(22)15(11-13)21-20(19-3-2-10-26(19)25-21)14-5-7-17-18(12-14)24-9-8-23-17/h4-9,11-12H,2-3,10H2,1H3. The smallest absolute Gasteiger partial charge is 0.132 e. The molecule has 0 aliphatic carbocycles. The van der Waals surface area contributed by atoms with Crippen LogP contribution in [0.25, 0.3) is 33.4 Å². The molecule has 5 rings (SSSR count). The second kappa shape index (κ2) is 5.73. The van der Waals surface area contributed by atoms with Gasteiger partial charge in [0.2, 0.25) is 0 Å². The third kappa shape index (κ3) is 2.31. The summed E-state index contributed by atoms with van der Waals surface area (Å²) >= 11 is 0. The quantitative estimate of drug-likeness (QED) is 0.536. The minimum Gasteiger partial charge on any atom is -0.268 e. The number of aryl methyl sites for hydroxylation is 2. The Morgan fingerprint density at radius 1 is 1.00 bits per heavy atom. The van der Waals surface area contributed by atoms with E-state index in [0.717, 1.165) is 47.1 Å². The van der Waals surface area contributed by atoms with Crippen LogP contribution in [0, 0.1) is 12.7 Å². The summed E-state index contributed by atoms with van der Waals surface area (Å²) in [4.78, 5) is 8.75. The van der Waals surface area contributed by atoms with Crippen LogP contribution >= 0.6 is 0 Å². The molecule has 0 atom stereocenters. The van der Waals surface area contributed by atoms with E-state index < -0.39 is 0 Å². The normalized spacial score (nSPS) is 13.3. The molecule has 0 radical (unpaired) electrons. The van der Waals surface area contributed by atoms with Gasteiger partial charge in [-0.1, -0.05) is 17.7 Å². The third-order valence-corrected chi connectivity index (χ3v) is 4.98. The van der Waals surface area contributed by atoms with Gasteiger partial charge in [0.05, 0.1) is 11.0 Å². The first-order valence-electron chi connectivity index (χ1n) is 8.78. The molecular formula is C21H17FN4. The van der Waals surface area contributed by atoms with Crippen LogP contribution in [0.5, 0.6) is 0 Å². The second-order valence-electron chi connectivity index (χ2n) is 6.74. The van der Waals surface area contributed by atoms with E-state index in [1.807, 2.05) is 35.9 Å². The Hall–Kier alpha value is -3.08. The van der Waals surface area contributed by atoms with Gasteiger partial charge in [-0.15, -0.1) is 0 Å². The first kappa shape index (κ1) is 15.2. The van der Waals surface area contributed by atoms with Gasteiger partial charge in [-0.05, 0) is 49.6 Å². The number of fused-ring (bicyclic) bond motifs is 2. The average molecular weight is 344 g/mol. The third-order valence-electron chi connectivity index (χ3n) is 4.98. The zero-order valence-electron chi connectivity index (χ0n) is 14.4. The number of benzene rings is 2. The number of nitrogens with zero attached hydrogens (tertiary/aromatic N) is 4. The highest BCUT2D eigenvalue weighted by Gasteiger charge is 2.25. The first-order chi connectivity index (χ1) is 12.7. The van der Waals surface area contributed by atoms with Crippen LogP contribution in [0.15, 0.2) is 48.8 Å². The van der Waals surface area contributed by atoms with Crippen LogP contribution in [0.2, 0.25) is 0 Å². The molecule has 3 heterocycles. The Labute approximate surface area is 150 Å². The van der Waals surface area contributed by atoms with Crippen LogP contribution in [-0.2, 0) is 13.0 Å². The average Bonchev–Trinajstić information content (AvgIpc) is 3.24. The predicted octanol–water partition coefficient (Wildman–Crippen LogP) is 4.55. The fraction of sp³-hybridized carbons (Fsp3) is 0.190. The van der Waals surface area contributed by atoms with Crippen LogP contribution in [-0.4, -0.2) is 19.7 Å². The highest BCUT2D eigenvalue weighted by molar-refractivity contribution is 5.88. The van der Waals surface area contributed by atoms with E-state index in [1.54, 1.807) is 18.5 Å². The van der Waals surface area contributed by atoms with Gasteiger partial charge in [0, 0.05) is 35.8 Å². The van der Waals surface area contributed by atoms with Gasteiger partial charge in [-0.3, -0.25) is 14.6 Å². The first-order valence-corrected chi connectivity index (χ1v) is 8.78. The monoisotopic (exact) mass is 344 g/mol.